The molecule has 2 aromatic carbocycles. The van der Waals surface area contributed by atoms with Gasteiger partial charge in [0.15, 0.2) is 5.69 Å². The summed E-state index contributed by atoms with van der Waals surface area (Å²) in [6.45, 7) is 3.23. The highest BCUT2D eigenvalue weighted by molar-refractivity contribution is 5.97. The van der Waals surface area contributed by atoms with Gasteiger partial charge in [-0.05, 0) is 58.5 Å². The molecule has 1 aliphatic rings. The lowest BCUT2D eigenvalue weighted by Gasteiger charge is -2.21. The maximum absolute atomic E-state index is 14.1. The Labute approximate surface area is 150 Å². The molecule has 134 valence electrons. The number of rotatable bonds is 4. The zero-order chi connectivity index (χ0) is 18.3. The van der Waals surface area contributed by atoms with Crippen LogP contribution < -0.4 is 0 Å². The summed E-state index contributed by atoms with van der Waals surface area (Å²) in [6.07, 6.45) is 1.42. The van der Waals surface area contributed by atoms with Crippen molar-refractivity contribution in [1.29, 1.82) is 0 Å². The van der Waals surface area contributed by atoms with Crippen molar-refractivity contribution >= 4 is 16.6 Å². The largest absolute Gasteiger partial charge is 0.493 e. The van der Waals surface area contributed by atoms with Crippen LogP contribution in [0.15, 0.2) is 35.5 Å². The maximum atomic E-state index is 14.1. The molecule has 4 rings (SSSR count). The Morgan fingerprint density at radius 1 is 1.31 bits per heavy atom. The number of ether oxygens (including phenoxy) is 1. The fraction of sp³-hybridized carbons (Fsp3) is 0.300. The van der Waals surface area contributed by atoms with Gasteiger partial charge in [0.1, 0.15) is 5.82 Å². The lowest BCUT2D eigenvalue weighted by atomic mass is 9.96. The van der Waals surface area contributed by atoms with Crippen molar-refractivity contribution in [3.8, 4) is 5.88 Å². The van der Waals surface area contributed by atoms with E-state index in [4.69, 9.17) is 4.74 Å². The van der Waals surface area contributed by atoms with E-state index in [1.54, 1.807) is 4.57 Å². The zero-order valence-electron chi connectivity index (χ0n) is 14.5. The number of aromatic nitrogens is 1. The molecule has 1 aromatic heterocycles. The monoisotopic (exact) mass is 354 g/mol. The van der Waals surface area contributed by atoms with Crippen molar-refractivity contribution in [2.45, 2.75) is 32.9 Å². The Morgan fingerprint density at radius 2 is 2.15 bits per heavy atom. The molecule has 6 heteroatoms. The van der Waals surface area contributed by atoms with Crippen molar-refractivity contribution < 1.29 is 14.2 Å². The minimum atomic E-state index is -0.330. The molecule has 0 saturated heterocycles. The van der Waals surface area contributed by atoms with Gasteiger partial charge in [0.05, 0.1) is 25.3 Å². The summed E-state index contributed by atoms with van der Waals surface area (Å²) in [4.78, 5) is 11.4. The van der Waals surface area contributed by atoms with E-state index in [0.717, 1.165) is 34.2 Å². The lowest BCUT2D eigenvalue weighted by molar-refractivity contribution is 0.110. The summed E-state index contributed by atoms with van der Waals surface area (Å²) in [7, 11) is 0. The predicted octanol–water partition coefficient (Wildman–Crippen LogP) is 4.57. The molecular weight excluding hydrogens is 335 g/mol. The highest BCUT2D eigenvalue weighted by atomic mass is 19.1. The van der Waals surface area contributed by atoms with Crippen LogP contribution >= 0.6 is 0 Å². The number of halogens is 1. The Kier molecular flexibility index (Phi) is 4.20. The molecule has 0 amide bonds. The van der Waals surface area contributed by atoms with E-state index >= 15 is 0 Å². The first kappa shape index (κ1) is 16.7. The number of hydrogen-bond acceptors (Lipinski definition) is 4. The number of nitrogens with zero attached hydrogens (tertiary/aromatic N) is 2. The zero-order valence-corrected chi connectivity index (χ0v) is 14.5. The van der Waals surface area contributed by atoms with Crippen LogP contribution in [0, 0.1) is 10.7 Å². The fourth-order valence-corrected chi connectivity index (χ4v) is 3.85. The summed E-state index contributed by atoms with van der Waals surface area (Å²) in [5.41, 5.74) is 4.39. The van der Waals surface area contributed by atoms with Gasteiger partial charge in [-0.2, -0.15) is 0 Å². The Bertz CT molecular complexity index is 1010. The highest BCUT2D eigenvalue weighted by Crippen LogP contribution is 2.41. The van der Waals surface area contributed by atoms with Crippen molar-refractivity contribution in [2.75, 3.05) is 6.61 Å². The van der Waals surface area contributed by atoms with Gasteiger partial charge in [-0.15, -0.1) is 4.91 Å². The lowest BCUT2D eigenvalue weighted by Crippen LogP contribution is -2.14. The number of benzene rings is 2. The smallest absolute Gasteiger partial charge is 0.222 e. The summed E-state index contributed by atoms with van der Waals surface area (Å²) >= 11 is 0. The molecule has 1 aliphatic heterocycles. The Balaban J connectivity index is 1.91. The van der Waals surface area contributed by atoms with Crippen LogP contribution in [0.25, 0.3) is 10.9 Å². The number of hydrogen-bond donors (Lipinski definition) is 1. The third-order valence-electron chi connectivity index (χ3n) is 5.08. The topological polar surface area (TPSA) is 63.8 Å². The number of fused-ring (bicyclic) bond motifs is 2. The molecule has 26 heavy (non-hydrogen) atoms. The van der Waals surface area contributed by atoms with Crippen LogP contribution in [0.3, 0.4) is 0 Å². The molecule has 1 N–H and O–H groups in total. The van der Waals surface area contributed by atoms with Crippen LogP contribution in [0.1, 0.15) is 29.2 Å². The summed E-state index contributed by atoms with van der Waals surface area (Å²) < 4.78 is 21.1. The Morgan fingerprint density at radius 3 is 2.92 bits per heavy atom. The van der Waals surface area contributed by atoms with Crippen LogP contribution in [-0.4, -0.2) is 16.3 Å². The quantitative estimate of drug-likeness (QED) is 0.698. The molecule has 5 nitrogen and oxygen atoms in total. The molecule has 0 spiro atoms. The SMILES string of the molecule is CCc1cccc2c1c(N=O)c(O)n2Cc1cc(F)cc2c1CCOC2. The summed E-state index contributed by atoms with van der Waals surface area (Å²) in [6, 6.07) is 8.65. The van der Waals surface area contributed by atoms with Gasteiger partial charge in [-0.3, -0.25) is 0 Å². The van der Waals surface area contributed by atoms with Crippen LogP contribution in [0.5, 0.6) is 5.88 Å². The second kappa shape index (κ2) is 6.53. The van der Waals surface area contributed by atoms with Gasteiger partial charge in [0.2, 0.25) is 5.88 Å². The van der Waals surface area contributed by atoms with Crippen LogP contribution in [-0.2, 0) is 30.7 Å². The first-order valence-electron chi connectivity index (χ1n) is 8.68. The van der Waals surface area contributed by atoms with Gasteiger partial charge in [-0.1, -0.05) is 19.1 Å². The standard InChI is InChI=1S/C20H19FN2O3/c1-2-12-4-3-5-17-18(12)19(22-25)20(24)23(17)10-13-8-15(21)9-14-11-26-7-6-16(13)14/h3-5,8-9,24H,2,6-7,10-11H2,1H3. The van der Waals surface area contributed by atoms with E-state index in [1.165, 1.54) is 12.1 Å². The minimum absolute atomic E-state index is 0.0473. The molecule has 2 heterocycles. The average Bonchev–Trinajstić information content (AvgIpc) is 2.93. The van der Waals surface area contributed by atoms with E-state index in [9.17, 15) is 14.4 Å². The highest BCUT2D eigenvalue weighted by Gasteiger charge is 2.22. The number of aromatic hydroxyl groups is 1. The molecule has 0 radical (unpaired) electrons. The van der Waals surface area contributed by atoms with E-state index < -0.39 is 0 Å². The Hall–Kier alpha value is -2.73. The van der Waals surface area contributed by atoms with Crippen molar-refractivity contribution in [1.82, 2.24) is 4.57 Å². The second-order valence-electron chi connectivity index (χ2n) is 6.52. The van der Waals surface area contributed by atoms with E-state index in [-0.39, 0.29) is 23.9 Å². The number of nitroso groups, excluding NO2 is 1. The molecule has 0 aliphatic carbocycles. The van der Waals surface area contributed by atoms with Gasteiger partial charge in [-0.25, -0.2) is 4.39 Å². The van der Waals surface area contributed by atoms with Crippen LogP contribution in [0.2, 0.25) is 0 Å². The molecule has 0 atom stereocenters. The summed E-state index contributed by atoms with van der Waals surface area (Å²) in [5.74, 6) is -0.510. The molecule has 0 unspecified atom stereocenters. The second-order valence-corrected chi connectivity index (χ2v) is 6.52. The predicted molar refractivity (Wildman–Crippen MR) is 97.3 cm³/mol. The van der Waals surface area contributed by atoms with Crippen molar-refractivity contribution in [3.05, 3.63) is 63.3 Å². The first-order chi connectivity index (χ1) is 12.6. The third-order valence-corrected chi connectivity index (χ3v) is 5.08. The van der Waals surface area contributed by atoms with Gasteiger partial charge in [0.25, 0.3) is 0 Å². The normalized spacial score (nSPS) is 13.8. The van der Waals surface area contributed by atoms with E-state index in [1.807, 2.05) is 25.1 Å². The maximum Gasteiger partial charge on any atom is 0.222 e. The van der Waals surface area contributed by atoms with Crippen molar-refractivity contribution in [3.63, 3.8) is 0 Å². The molecular formula is C20H19FN2O3. The molecule has 0 saturated carbocycles. The van der Waals surface area contributed by atoms with Crippen LogP contribution in [0.4, 0.5) is 10.1 Å². The average molecular weight is 354 g/mol. The van der Waals surface area contributed by atoms with Crippen molar-refractivity contribution in [2.24, 2.45) is 5.18 Å². The molecule has 3 aromatic rings. The first-order valence-corrected chi connectivity index (χ1v) is 8.68. The van der Waals surface area contributed by atoms with E-state index in [0.29, 0.717) is 25.0 Å². The molecule has 0 fully saturated rings. The number of aryl methyl sites for hydroxylation is 1. The molecule has 0 bridgehead atoms. The van der Waals surface area contributed by atoms with Gasteiger partial charge >= 0.3 is 0 Å². The van der Waals surface area contributed by atoms with Gasteiger partial charge < -0.3 is 14.4 Å². The van der Waals surface area contributed by atoms with E-state index in [2.05, 4.69) is 5.18 Å². The minimum Gasteiger partial charge on any atom is -0.493 e. The fourth-order valence-electron chi connectivity index (χ4n) is 3.85. The summed E-state index contributed by atoms with van der Waals surface area (Å²) in [5, 5.41) is 14.3. The van der Waals surface area contributed by atoms with Gasteiger partial charge in [0, 0.05) is 5.39 Å². The third kappa shape index (κ3) is 2.57.